The zero-order chi connectivity index (χ0) is 27.1. The van der Waals surface area contributed by atoms with Crippen molar-refractivity contribution in [3.8, 4) is 0 Å². The molecule has 0 bridgehead atoms. The van der Waals surface area contributed by atoms with Crippen LogP contribution < -0.4 is 0 Å². The van der Waals surface area contributed by atoms with Gasteiger partial charge in [-0.2, -0.15) is 0 Å². The van der Waals surface area contributed by atoms with Crippen molar-refractivity contribution in [1.29, 1.82) is 0 Å². The van der Waals surface area contributed by atoms with Gasteiger partial charge in [0.2, 0.25) is 0 Å². The van der Waals surface area contributed by atoms with Crippen LogP contribution in [0, 0.1) is 0 Å². The number of allylic oxidation sites excluding steroid dienone is 2. The molecule has 214 valence electrons. The van der Waals surface area contributed by atoms with E-state index in [2.05, 4.69) is 19.1 Å². The highest BCUT2D eigenvalue weighted by Gasteiger charge is 2.26. The molecule has 0 aliphatic heterocycles. The molecule has 0 aromatic rings. The van der Waals surface area contributed by atoms with Crippen molar-refractivity contribution in [3.63, 3.8) is 0 Å². The molecule has 0 fully saturated rings. The van der Waals surface area contributed by atoms with E-state index in [0.29, 0.717) is 24.1 Å². The molecule has 2 unspecified atom stereocenters. The van der Waals surface area contributed by atoms with Gasteiger partial charge in [-0.15, -0.1) is 0 Å². The first-order chi connectivity index (χ1) is 17.1. The third kappa shape index (κ3) is 24.9. The van der Waals surface area contributed by atoms with Crippen LogP contribution in [0.2, 0.25) is 0 Å². The highest BCUT2D eigenvalue weighted by molar-refractivity contribution is 7.47. The number of quaternary nitrogens is 1. The highest BCUT2D eigenvalue weighted by Crippen LogP contribution is 2.43. The number of unbranched alkanes of at least 4 members (excludes halogenated alkanes) is 9. The van der Waals surface area contributed by atoms with Gasteiger partial charge in [0, 0.05) is 13.0 Å². The second-order valence-electron chi connectivity index (χ2n) is 10.4. The van der Waals surface area contributed by atoms with E-state index >= 15 is 0 Å². The van der Waals surface area contributed by atoms with Crippen LogP contribution in [0.1, 0.15) is 97.3 Å². The second kappa shape index (κ2) is 22.2. The summed E-state index contributed by atoms with van der Waals surface area (Å²) in [6.07, 6.45) is 18.1. The number of carbonyl (C=O) groups excluding carboxylic acids is 1. The number of likely N-dealkylation sites (N-methyl/N-ethyl adjacent to an activating group) is 1. The van der Waals surface area contributed by atoms with Crippen molar-refractivity contribution in [2.24, 2.45) is 0 Å². The van der Waals surface area contributed by atoms with Crippen molar-refractivity contribution in [3.05, 3.63) is 12.2 Å². The quantitative estimate of drug-likeness (QED) is 0.0473. The number of rotatable bonds is 25. The van der Waals surface area contributed by atoms with E-state index in [1.54, 1.807) is 0 Å². The molecule has 2 atom stereocenters. The summed E-state index contributed by atoms with van der Waals surface area (Å²) in [6.45, 7) is 5.19. The first kappa shape index (κ1) is 35.2. The molecule has 0 heterocycles. The van der Waals surface area contributed by atoms with E-state index in [9.17, 15) is 14.3 Å². The fraction of sp³-hybridized carbons (Fsp3) is 0.889. The summed E-state index contributed by atoms with van der Waals surface area (Å²) >= 11 is 0. The zero-order valence-corrected chi connectivity index (χ0v) is 24.6. The van der Waals surface area contributed by atoms with Gasteiger partial charge in [0.15, 0.2) is 0 Å². The second-order valence-corrected chi connectivity index (χ2v) is 11.9. The van der Waals surface area contributed by atoms with Gasteiger partial charge in [0.1, 0.15) is 19.3 Å². The first-order valence-electron chi connectivity index (χ1n) is 13.9. The Balaban J connectivity index is 4.06. The Hall–Kier alpha value is -0.760. The number of nitrogens with zero attached hydrogens (tertiary/aromatic N) is 1. The van der Waals surface area contributed by atoms with Crippen LogP contribution in [-0.2, 0) is 27.9 Å². The number of phosphoric ester groups is 1. The average Bonchev–Trinajstić information content (AvgIpc) is 2.79. The molecule has 0 aliphatic rings. The number of ether oxygens (including phenoxy) is 2. The van der Waals surface area contributed by atoms with Crippen LogP contribution in [0.3, 0.4) is 0 Å². The summed E-state index contributed by atoms with van der Waals surface area (Å²) in [7, 11) is 1.65. The predicted octanol–water partition coefficient (Wildman–Crippen LogP) is 6.42. The Morgan fingerprint density at radius 1 is 0.833 bits per heavy atom. The Kier molecular flexibility index (Phi) is 21.8. The molecular weight excluding hydrogens is 481 g/mol. The summed E-state index contributed by atoms with van der Waals surface area (Å²) in [5.41, 5.74) is 0. The lowest BCUT2D eigenvalue weighted by Gasteiger charge is -2.24. The molecular formula is C27H55NO7P+. The van der Waals surface area contributed by atoms with E-state index in [0.717, 1.165) is 12.8 Å². The largest absolute Gasteiger partial charge is 0.472 e. The minimum Gasteiger partial charge on any atom is -0.457 e. The lowest BCUT2D eigenvalue weighted by Crippen LogP contribution is -2.37. The van der Waals surface area contributed by atoms with Crippen LogP contribution in [0.15, 0.2) is 12.2 Å². The molecule has 8 nitrogen and oxygen atoms in total. The van der Waals surface area contributed by atoms with Crippen LogP contribution in [0.4, 0.5) is 0 Å². The number of hydrogen-bond acceptors (Lipinski definition) is 6. The Labute approximate surface area is 220 Å². The molecule has 1 N–H and O–H groups in total. The van der Waals surface area contributed by atoms with Crippen molar-refractivity contribution in [2.45, 2.75) is 103 Å². The van der Waals surface area contributed by atoms with Crippen LogP contribution in [0.5, 0.6) is 0 Å². The Morgan fingerprint density at radius 3 is 2.06 bits per heavy atom. The van der Waals surface area contributed by atoms with Gasteiger partial charge in [-0.25, -0.2) is 4.57 Å². The van der Waals surface area contributed by atoms with Crippen molar-refractivity contribution < 1.29 is 37.3 Å². The van der Waals surface area contributed by atoms with Gasteiger partial charge in [0.05, 0.1) is 34.4 Å². The van der Waals surface area contributed by atoms with Crippen LogP contribution >= 0.6 is 7.82 Å². The SMILES string of the molecule is CCCCC/C=C\CCCCCCCCOCC(COP(=O)(O)OCC[N+](C)(C)C)OC(=O)CCC. The number of phosphoric acid groups is 1. The topological polar surface area (TPSA) is 91.3 Å². The van der Waals surface area contributed by atoms with Crippen LogP contribution in [0.25, 0.3) is 0 Å². The molecule has 0 saturated heterocycles. The maximum Gasteiger partial charge on any atom is 0.472 e. The monoisotopic (exact) mass is 536 g/mol. The standard InChI is InChI=1S/C27H54NO7P/c1-6-8-9-10-11-12-13-14-15-16-17-18-19-22-32-24-26(35-27(29)20-7-2)25-34-36(30,31)33-23-21-28(3,4)5/h11-12,26H,6-10,13-25H2,1-5H3/p+1/b12-11-. The number of esters is 1. The normalized spacial score (nSPS) is 14.7. The molecule has 0 radical (unpaired) electrons. The van der Waals surface area contributed by atoms with Crippen molar-refractivity contribution in [2.75, 3.05) is 54.1 Å². The maximum atomic E-state index is 12.1. The summed E-state index contributed by atoms with van der Waals surface area (Å²) in [5.74, 6) is -0.371. The number of hydrogen-bond donors (Lipinski definition) is 1. The van der Waals surface area contributed by atoms with E-state index in [-0.39, 0.29) is 32.2 Å². The van der Waals surface area contributed by atoms with Crippen molar-refractivity contribution in [1.82, 2.24) is 0 Å². The van der Waals surface area contributed by atoms with Crippen LogP contribution in [-0.4, -0.2) is 75.6 Å². The summed E-state index contributed by atoms with van der Waals surface area (Å²) < 4.78 is 33.9. The average molecular weight is 537 g/mol. The fourth-order valence-corrected chi connectivity index (χ4v) is 4.09. The molecule has 0 aliphatic carbocycles. The van der Waals surface area contributed by atoms with Gasteiger partial charge in [-0.1, -0.05) is 64.5 Å². The molecule has 9 heteroatoms. The molecule has 0 spiro atoms. The smallest absolute Gasteiger partial charge is 0.457 e. The van der Waals surface area contributed by atoms with Gasteiger partial charge >= 0.3 is 13.8 Å². The van der Waals surface area contributed by atoms with Crippen molar-refractivity contribution >= 4 is 13.8 Å². The fourth-order valence-electron chi connectivity index (χ4n) is 3.35. The lowest BCUT2D eigenvalue weighted by atomic mass is 10.1. The third-order valence-electron chi connectivity index (χ3n) is 5.55. The molecule has 0 amide bonds. The molecule has 0 rings (SSSR count). The highest BCUT2D eigenvalue weighted by atomic mass is 31.2. The Bertz CT molecular complexity index is 607. The number of carbonyl (C=O) groups is 1. The Morgan fingerprint density at radius 2 is 1.44 bits per heavy atom. The predicted molar refractivity (Wildman–Crippen MR) is 146 cm³/mol. The maximum absolute atomic E-state index is 12.1. The van der Waals surface area contributed by atoms with Gasteiger partial charge in [-0.3, -0.25) is 13.8 Å². The van der Waals surface area contributed by atoms with Gasteiger partial charge in [-0.05, 0) is 38.5 Å². The van der Waals surface area contributed by atoms with E-state index in [1.807, 2.05) is 28.1 Å². The minimum atomic E-state index is -4.23. The third-order valence-corrected chi connectivity index (χ3v) is 6.53. The van der Waals surface area contributed by atoms with E-state index in [4.69, 9.17) is 18.5 Å². The lowest BCUT2D eigenvalue weighted by molar-refractivity contribution is -0.870. The first-order valence-corrected chi connectivity index (χ1v) is 15.4. The summed E-state index contributed by atoms with van der Waals surface area (Å²) in [6, 6.07) is 0. The summed E-state index contributed by atoms with van der Waals surface area (Å²) in [4.78, 5) is 21.8. The molecule has 0 aromatic carbocycles. The van der Waals surface area contributed by atoms with E-state index < -0.39 is 13.9 Å². The minimum absolute atomic E-state index is 0.0871. The zero-order valence-electron chi connectivity index (χ0n) is 23.8. The summed E-state index contributed by atoms with van der Waals surface area (Å²) in [5, 5.41) is 0. The molecule has 36 heavy (non-hydrogen) atoms. The van der Waals surface area contributed by atoms with E-state index in [1.165, 1.54) is 57.8 Å². The van der Waals surface area contributed by atoms with Gasteiger partial charge < -0.3 is 18.9 Å². The van der Waals surface area contributed by atoms with Gasteiger partial charge in [0.25, 0.3) is 0 Å². The molecule has 0 saturated carbocycles. The molecule has 0 aromatic heterocycles.